The second-order valence-electron chi connectivity index (χ2n) is 7.90. The van der Waals surface area contributed by atoms with E-state index in [2.05, 4.69) is 24.1 Å². The Kier molecular flexibility index (Phi) is 7.22. The minimum absolute atomic E-state index is 0.0369. The highest BCUT2D eigenvalue weighted by molar-refractivity contribution is 5.94. The lowest BCUT2D eigenvalue weighted by molar-refractivity contribution is -0.126. The van der Waals surface area contributed by atoms with E-state index in [1.807, 2.05) is 12.1 Å². The SMILES string of the molecule is CC(C)CNC(=O)C1CCCN(C(=O)c2ccc(OCc3cccnc3)cc2)C1. The molecule has 3 rings (SSSR count). The number of hydrogen-bond donors (Lipinski definition) is 1. The molecule has 154 valence electrons. The number of amides is 2. The first kappa shape index (κ1) is 20.8. The summed E-state index contributed by atoms with van der Waals surface area (Å²) in [6.07, 6.45) is 5.16. The van der Waals surface area contributed by atoms with Crippen molar-refractivity contribution >= 4 is 11.8 Å². The van der Waals surface area contributed by atoms with Crippen LogP contribution in [0.1, 0.15) is 42.6 Å². The van der Waals surface area contributed by atoms with Crippen molar-refractivity contribution in [2.24, 2.45) is 11.8 Å². The van der Waals surface area contributed by atoms with Gasteiger partial charge in [-0.25, -0.2) is 0 Å². The van der Waals surface area contributed by atoms with Crippen LogP contribution in [-0.2, 0) is 11.4 Å². The highest BCUT2D eigenvalue weighted by atomic mass is 16.5. The first-order valence-corrected chi connectivity index (χ1v) is 10.2. The van der Waals surface area contributed by atoms with Gasteiger partial charge in [-0.2, -0.15) is 0 Å². The van der Waals surface area contributed by atoms with Crippen molar-refractivity contribution in [1.82, 2.24) is 15.2 Å². The van der Waals surface area contributed by atoms with Crippen molar-refractivity contribution in [2.75, 3.05) is 19.6 Å². The standard InChI is InChI=1S/C23H29N3O3/c1-17(2)13-25-22(27)20-6-4-12-26(15-20)23(28)19-7-9-21(10-8-19)29-16-18-5-3-11-24-14-18/h3,5,7-11,14,17,20H,4,6,12-13,15-16H2,1-2H3,(H,25,27). The van der Waals surface area contributed by atoms with E-state index in [0.29, 0.717) is 43.5 Å². The quantitative estimate of drug-likeness (QED) is 0.781. The lowest BCUT2D eigenvalue weighted by Gasteiger charge is -2.32. The number of hydrogen-bond acceptors (Lipinski definition) is 4. The van der Waals surface area contributed by atoms with Crippen LogP contribution in [0.3, 0.4) is 0 Å². The zero-order valence-corrected chi connectivity index (χ0v) is 17.1. The predicted octanol–water partition coefficient (Wildman–Crippen LogP) is 3.29. The van der Waals surface area contributed by atoms with Gasteiger partial charge in [0.05, 0.1) is 5.92 Å². The Balaban J connectivity index is 1.54. The van der Waals surface area contributed by atoms with Gasteiger partial charge < -0.3 is 15.0 Å². The van der Waals surface area contributed by atoms with Crippen LogP contribution in [-0.4, -0.2) is 41.3 Å². The Morgan fingerprint density at radius 1 is 1.24 bits per heavy atom. The van der Waals surface area contributed by atoms with E-state index in [1.54, 1.807) is 41.6 Å². The van der Waals surface area contributed by atoms with Gasteiger partial charge in [-0.3, -0.25) is 14.6 Å². The van der Waals surface area contributed by atoms with Gasteiger partial charge >= 0.3 is 0 Å². The molecule has 0 radical (unpaired) electrons. The van der Waals surface area contributed by atoms with Gasteiger partial charge in [0.1, 0.15) is 12.4 Å². The van der Waals surface area contributed by atoms with Crippen LogP contribution in [0.15, 0.2) is 48.8 Å². The van der Waals surface area contributed by atoms with E-state index in [1.165, 1.54) is 0 Å². The normalized spacial score (nSPS) is 16.5. The van der Waals surface area contributed by atoms with Crippen LogP contribution >= 0.6 is 0 Å². The van der Waals surface area contributed by atoms with E-state index < -0.39 is 0 Å². The highest BCUT2D eigenvalue weighted by Gasteiger charge is 2.28. The minimum Gasteiger partial charge on any atom is -0.489 e. The molecule has 0 bridgehead atoms. The third-order valence-corrected chi connectivity index (χ3v) is 4.99. The summed E-state index contributed by atoms with van der Waals surface area (Å²) in [6, 6.07) is 11.0. The van der Waals surface area contributed by atoms with Crippen molar-refractivity contribution in [3.05, 3.63) is 59.9 Å². The minimum atomic E-state index is -0.131. The molecule has 1 N–H and O–H groups in total. The molecule has 6 heteroatoms. The topological polar surface area (TPSA) is 71.5 Å². The van der Waals surface area contributed by atoms with Crippen LogP contribution < -0.4 is 10.1 Å². The number of ether oxygens (including phenoxy) is 1. The number of benzene rings is 1. The summed E-state index contributed by atoms with van der Waals surface area (Å²) in [5.41, 5.74) is 1.60. The van der Waals surface area contributed by atoms with Crippen molar-refractivity contribution < 1.29 is 14.3 Å². The summed E-state index contributed by atoms with van der Waals surface area (Å²) < 4.78 is 5.75. The largest absolute Gasteiger partial charge is 0.489 e. The zero-order valence-electron chi connectivity index (χ0n) is 17.1. The molecule has 1 unspecified atom stereocenters. The first-order chi connectivity index (χ1) is 14.0. The zero-order chi connectivity index (χ0) is 20.6. The Bertz CT molecular complexity index is 806. The molecular formula is C23H29N3O3. The third-order valence-electron chi connectivity index (χ3n) is 4.99. The summed E-state index contributed by atoms with van der Waals surface area (Å²) >= 11 is 0. The van der Waals surface area contributed by atoms with Crippen molar-refractivity contribution in [1.29, 1.82) is 0 Å². The molecule has 0 aliphatic carbocycles. The maximum Gasteiger partial charge on any atom is 0.253 e. The Morgan fingerprint density at radius 3 is 2.72 bits per heavy atom. The van der Waals surface area contributed by atoms with Gasteiger partial charge in [-0.05, 0) is 49.1 Å². The first-order valence-electron chi connectivity index (χ1n) is 10.2. The fourth-order valence-electron chi connectivity index (χ4n) is 3.35. The second-order valence-corrected chi connectivity index (χ2v) is 7.90. The van der Waals surface area contributed by atoms with Gasteiger partial charge in [-0.15, -0.1) is 0 Å². The van der Waals surface area contributed by atoms with Crippen LogP contribution in [0.25, 0.3) is 0 Å². The van der Waals surface area contributed by atoms with Crippen LogP contribution in [0, 0.1) is 11.8 Å². The van der Waals surface area contributed by atoms with E-state index in [4.69, 9.17) is 4.74 Å². The predicted molar refractivity (Wildman–Crippen MR) is 111 cm³/mol. The van der Waals surface area contributed by atoms with Gasteiger partial charge in [0.2, 0.25) is 5.91 Å². The molecule has 0 spiro atoms. The van der Waals surface area contributed by atoms with E-state index in [-0.39, 0.29) is 17.7 Å². The fraction of sp³-hybridized carbons (Fsp3) is 0.435. The molecule has 29 heavy (non-hydrogen) atoms. The maximum absolute atomic E-state index is 12.9. The third kappa shape index (κ3) is 6.04. The molecule has 1 aromatic heterocycles. The van der Waals surface area contributed by atoms with Crippen LogP contribution in [0.4, 0.5) is 0 Å². The fourth-order valence-corrected chi connectivity index (χ4v) is 3.35. The van der Waals surface area contributed by atoms with Gasteiger partial charge in [0.15, 0.2) is 0 Å². The second kappa shape index (κ2) is 10.0. The van der Waals surface area contributed by atoms with Gasteiger partial charge in [-0.1, -0.05) is 19.9 Å². The molecule has 1 saturated heterocycles. The van der Waals surface area contributed by atoms with Gasteiger partial charge in [0, 0.05) is 43.2 Å². The van der Waals surface area contributed by atoms with E-state index >= 15 is 0 Å². The Morgan fingerprint density at radius 2 is 2.03 bits per heavy atom. The molecule has 6 nitrogen and oxygen atoms in total. The number of likely N-dealkylation sites (tertiary alicyclic amines) is 1. The molecule has 1 aliphatic heterocycles. The monoisotopic (exact) mass is 395 g/mol. The molecule has 1 aromatic carbocycles. The molecule has 1 aliphatic rings. The Hall–Kier alpha value is -2.89. The smallest absolute Gasteiger partial charge is 0.253 e. The number of carbonyl (C=O) groups excluding carboxylic acids is 2. The summed E-state index contributed by atoms with van der Waals surface area (Å²) in [6.45, 7) is 6.40. The maximum atomic E-state index is 12.9. The number of pyridine rings is 1. The number of aromatic nitrogens is 1. The van der Waals surface area contributed by atoms with E-state index in [9.17, 15) is 9.59 Å². The molecule has 2 aromatic rings. The van der Waals surface area contributed by atoms with Crippen LogP contribution in [0.2, 0.25) is 0 Å². The molecule has 1 fully saturated rings. The van der Waals surface area contributed by atoms with Crippen molar-refractivity contribution in [3.63, 3.8) is 0 Å². The number of carbonyl (C=O) groups is 2. The molecule has 1 atom stereocenters. The van der Waals surface area contributed by atoms with Crippen LogP contribution in [0.5, 0.6) is 5.75 Å². The summed E-state index contributed by atoms with van der Waals surface area (Å²) in [7, 11) is 0. The molecule has 2 heterocycles. The molecule has 2 amide bonds. The summed E-state index contributed by atoms with van der Waals surface area (Å²) in [5, 5.41) is 2.99. The molecule has 0 saturated carbocycles. The lowest BCUT2D eigenvalue weighted by atomic mass is 9.96. The Labute approximate surface area is 172 Å². The van der Waals surface area contributed by atoms with Crippen molar-refractivity contribution in [2.45, 2.75) is 33.3 Å². The number of piperidine rings is 1. The summed E-state index contributed by atoms with van der Waals surface area (Å²) in [5.74, 6) is 1.00. The lowest BCUT2D eigenvalue weighted by Crippen LogP contribution is -2.46. The summed E-state index contributed by atoms with van der Waals surface area (Å²) in [4.78, 5) is 31.1. The van der Waals surface area contributed by atoms with Crippen molar-refractivity contribution in [3.8, 4) is 5.75 Å². The number of nitrogens with one attached hydrogen (secondary N) is 1. The number of rotatable bonds is 7. The van der Waals surface area contributed by atoms with Gasteiger partial charge in [0.25, 0.3) is 5.91 Å². The number of nitrogens with zero attached hydrogens (tertiary/aromatic N) is 2. The molecular weight excluding hydrogens is 366 g/mol. The average molecular weight is 396 g/mol. The average Bonchev–Trinajstić information content (AvgIpc) is 2.76. The van der Waals surface area contributed by atoms with E-state index in [0.717, 1.165) is 18.4 Å². The highest BCUT2D eigenvalue weighted by Crippen LogP contribution is 2.21.